The molecule has 3 heteroatoms. The van der Waals surface area contributed by atoms with Crippen molar-refractivity contribution < 1.29 is 4.74 Å². The zero-order valence-electron chi connectivity index (χ0n) is 7.25. The third-order valence-corrected chi connectivity index (χ3v) is 1.49. The van der Waals surface area contributed by atoms with Gasteiger partial charge in [-0.05, 0) is 12.0 Å². The van der Waals surface area contributed by atoms with Gasteiger partial charge in [-0.3, -0.25) is 0 Å². The van der Waals surface area contributed by atoms with E-state index in [1.807, 2.05) is 0 Å². The van der Waals surface area contributed by atoms with Crippen molar-refractivity contribution >= 4 is 11.6 Å². The fraction of sp³-hybridized carbons (Fsp3) is 0.444. The van der Waals surface area contributed by atoms with E-state index in [2.05, 4.69) is 18.8 Å². The maximum absolute atomic E-state index is 5.66. The van der Waals surface area contributed by atoms with Gasteiger partial charge in [0.1, 0.15) is 0 Å². The molecule has 0 atom stereocenters. The van der Waals surface area contributed by atoms with Gasteiger partial charge in [0, 0.05) is 12.3 Å². The molecule has 0 unspecified atom stereocenters. The van der Waals surface area contributed by atoms with Crippen molar-refractivity contribution in [1.82, 2.24) is 4.98 Å². The molecule has 0 saturated carbocycles. The summed E-state index contributed by atoms with van der Waals surface area (Å²) in [5, 5.41) is 0.631. The molecule has 0 radical (unpaired) electrons. The number of halogens is 1. The summed E-state index contributed by atoms with van der Waals surface area (Å²) in [6, 6.07) is 3.54. The molecule has 0 aliphatic carbocycles. The summed E-state index contributed by atoms with van der Waals surface area (Å²) in [4.78, 5) is 4.00. The number of hydrogen-bond acceptors (Lipinski definition) is 2. The number of aromatic nitrogens is 1. The fourth-order valence-electron chi connectivity index (χ4n) is 0.700. The molecule has 1 aromatic rings. The van der Waals surface area contributed by atoms with E-state index in [-0.39, 0.29) is 0 Å². The van der Waals surface area contributed by atoms with Crippen molar-refractivity contribution in [2.24, 2.45) is 5.92 Å². The minimum absolute atomic E-state index is 0.516. The van der Waals surface area contributed by atoms with E-state index in [1.54, 1.807) is 18.3 Å². The van der Waals surface area contributed by atoms with Crippen LogP contribution < -0.4 is 4.74 Å². The lowest BCUT2D eigenvalue weighted by molar-refractivity contribution is 0.261. The predicted molar refractivity (Wildman–Crippen MR) is 49.6 cm³/mol. The topological polar surface area (TPSA) is 22.1 Å². The van der Waals surface area contributed by atoms with Gasteiger partial charge in [0.15, 0.2) is 0 Å². The Labute approximate surface area is 77.5 Å². The first kappa shape index (κ1) is 9.33. The lowest BCUT2D eigenvalue weighted by Crippen LogP contribution is -2.05. The minimum Gasteiger partial charge on any atom is -0.477 e. The van der Waals surface area contributed by atoms with Gasteiger partial charge in [-0.25, -0.2) is 4.98 Å². The van der Waals surface area contributed by atoms with Crippen LogP contribution in [-0.2, 0) is 0 Å². The zero-order chi connectivity index (χ0) is 8.97. The Bertz CT molecular complexity index is 233. The van der Waals surface area contributed by atoms with E-state index in [1.165, 1.54) is 0 Å². The first-order valence-electron chi connectivity index (χ1n) is 3.93. The second kappa shape index (κ2) is 4.31. The zero-order valence-corrected chi connectivity index (χ0v) is 8.01. The lowest BCUT2D eigenvalue weighted by atomic mass is 10.2. The highest BCUT2D eigenvalue weighted by Gasteiger charge is 1.97. The molecule has 2 nitrogen and oxygen atoms in total. The van der Waals surface area contributed by atoms with Gasteiger partial charge in [-0.1, -0.05) is 25.4 Å². The van der Waals surface area contributed by atoms with Crippen LogP contribution in [0.2, 0.25) is 5.02 Å². The first-order chi connectivity index (χ1) is 5.68. The SMILES string of the molecule is CC(C)COc1ccc(Cl)cn1. The quantitative estimate of drug-likeness (QED) is 0.723. The molecule has 0 saturated heterocycles. The molecule has 0 N–H and O–H groups in total. The summed E-state index contributed by atoms with van der Waals surface area (Å²) >= 11 is 5.66. The van der Waals surface area contributed by atoms with Gasteiger partial charge in [-0.15, -0.1) is 0 Å². The highest BCUT2D eigenvalue weighted by Crippen LogP contribution is 2.11. The molecule has 0 aromatic carbocycles. The summed E-state index contributed by atoms with van der Waals surface area (Å²) in [5.41, 5.74) is 0. The van der Waals surface area contributed by atoms with E-state index >= 15 is 0 Å². The number of ether oxygens (including phenoxy) is 1. The van der Waals surface area contributed by atoms with E-state index in [0.29, 0.717) is 23.4 Å². The van der Waals surface area contributed by atoms with Crippen molar-refractivity contribution in [2.75, 3.05) is 6.61 Å². The van der Waals surface area contributed by atoms with E-state index in [0.717, 1.165) is 0 Å². The van der Waals surface area contributed by atoms with Crippen molar-refractivity contribution in [1.29, 1.82) is 0 Å². The van der Waals surface area contributed by atoms with Crippen LogP contribution in [0.3, 0.4) is 0 Å². The fourth-order valence-corrected chi connectivity index (χ4v) is 0.811. The second-order valence-corrected chi connectivity index (χ2v) is 3.46. The lowest BCUT2D eigenvalue weighted by Gasteiger charge is -2.06. The molecule has 1 aromatic heterocycles. The molecule has 0 aliphatic heterocycles. The van der Waals surface area contributed by atoms with Crippen LogP contribution >= 0.6 is 11.6 Å². The number of rotatable bonds is 3. The molecule has 66 valence electrons. The maximum atomic E-state index is 5.66. The van der Waals surface area contributed by atoms with Crippen LogP contribution in [0.4, 0.5) is 0 Å². The summed E-state index contributed by atoms with van der Waals surface area (Å²) in [5.74, 6) is 1.15. The number of pyridine rings is 1. The average molecular weight is 186 g/mol. The van der Waals surface area contributed by atoms with Crippen LogP contribution in [0, 0.1) is 5.92 Å². The Morgan fingerprint density at radius 1 is 1.50 bits per heavy atom. The molecule has 0 spiro atoms. The predicted octanol–water partition coefficient (Wildman–Crippen LogP) is 2.77. The summed E-state index contributed by atoms with van der Waals surface area (Å²) in [6.07, 6.45) is 1.58. The standard InChI is InChI=1S/C9H12ClNO/c1-7(2)6-12-9-4-3-8(10)5-11-9/h3-5,7H,6H2,1-2H3. The number of hydrogen-bond donors (Lipinski definition) is 0. The maximum Gasteiger partial charge on any atom is 0.213 e. The van der Waals surface area contributed by atoms with Crippen molar-refractivity contribution in [2.45, 2.75) is 13.8 Å². The van der Waals surface area contributed by atoms with E-state index < -0.39 is 0 Å². The minimum atomic E-state index is 0.516. The van der Waals surface area contributed by atoms with Gasteiger partial charge in [0.05, 0.1) is 11.6 Å². The molecule has 0 aliphatic rings. The summed E-state index contributed by atoms with van der Waals surface area (Å²) < 4.78 is 5.35. The van der Waals surface area contributed by atoms with Crippen LogP contribution in [0.25, 0.3) is 0 Å². The summed E-state index contributed by atoms with van der Waals surface area (Å²) in [7, 11) is 0. The van der Waals surface area contributed by atoms with E-state index in [9.17, 15) is 0 Å². The van der Waals surface area contributed by atoms with Crippen molar-refractivity contribution in [3.8, 4) is 5.88 Å². The van der Waals surface area contributed by atoms with Gasteiger partial charge in [-0.2, -0.15) is 0 Å². The Morgan fingerprint density at radius 3 is 2.75 bits per heavy atom. The Morgan fingerprint density at radius 2 is 2.25 bits per heavy atom. The Kier molecular flexibility index (Phi) is 3.35. The number of nitrogens with zero attached hydrogens (tertiary/aromatic N) is 1. The van der Waals surface area contributed by atoms with Gasteiger partial charge in [0.25, 0.3) is 0 Å². The van der Waals surface area contributed by atoms with Crippen LogP contribution in [0.5, 0.6) is 5.88 Å². The molecule has 0 fully saturated rings. The third kappa shape index (κ3) is 3.09. The van der Waals surface area contributed by atoms with Crippen molar-refractivity contribution in [3.63, 3.8) is 0 Å². The Hall–Kier alpha value is -0.760. The monoisotopic (exact) mass is 185 g/mol. The average Bonchev–Trinajstić information content (AvgIpc) is 2.03. The molecular weight excluding hydrogens is 174 g/mol. The van der Waals surface area contributed by atoms with Gasteiger partial charge in [0.2, 0.25) is 5.88 Å². The molecule has 1 rings (SSSR count). The smallest absolute Gasteiger partial charge is 0.213 e. The molecule has 1 heterocycles. The normalized spacial score (nSPS) is 10.3. The van der Waals surface area contributed by atoms with Crippen LogP contribution in [0.15, 0.2) is 18.3 Å². The highest BCUT2D eigenvalue weighted by molar-refractivity contribution is 6.30. The molecule has 0 amide bonds. The van der Waals surface area contributed by atoms with E-state index in [4.69, 9.17) is 16.3 Å². The third-order valence-electron chi connectivity index (χ3n) is 1.26. The van der Waals surface area contributed by atoms with Gasteiger partial charge >= 0.3 is 0 Å². The molecule has 0 bridgehead atoms. The largest absolute Gasteiger partial charge is 0.477 e. The van der Waals surface area contributed by atoms with Gasteiger partial charge < -0.3 is 4.74 Å². The molecule has 12 heavy (non-hydrogen) atoms. The molecular formula is C9H12ClNO. The highest BCUT2D eigenvalue weighted by atomic mass is 35.5. The van der Waals surface area contributed by atoms with Crippen LogP contribution in [0.1, 0.15) is 13.8 Å². The second-order valence-electron chi connectivity index (χ2n) is 3.02. The van der Waals surface area contributed by atoms with Crippen molar-refractivity contribution in [3.05, 3.63) is 23.4 Å². The Balaban J connectivity index is 2.48. The first-order valence-corrected chi connectivity index (χ1v) is 4.30. The van der Waals surface area contributed by atoms with Crippen LogP contribution in [-0.4, -0.2) is 11.6 Å². The summed E-state index contributed by atoms with van der Waals surface area (Å²) in [6.45, 7) is 4.88.